The van der Waals surface area contributed by atoms with E-state index in [4.69, 9.17) is 4.74 Å². The lowest BCUT2D eigenvalue weighted by molar-refractivity contribution is 0.0701. The van der Waals surface area contributed by atoms with Gasteiger partial charge >= 0.3 is 12.1 Å². The monoisotopic (exact) mass is 348 g/mol. The minimum atomic E-state index is -1.04. The van der Waals surface area contributed by atoms with E-state index >= 15 is 0 Å². The van der Waals surface area contributed by atoms with Gasteiger partial charge in [-0.1, -0.05) is 48.6 Å². The lowest BCUT2D eigenvalue weighted by atomic mass is 10.2. The van der Waals surface area contributed by atoms with Crippen molar-refractivity contribution in [2.75, 3.05) is 4.90 Å². The first-order valence-electron chi connectivity index (χ1n) is 7.64. The van der Waals surface area contributed by atoms with Crippen LogP contribution in [0.3, 0.4) is 0 Å². The third-order valence-electron chi connectivity index (χ3n) is 3.62. The molecule has 7 heteroatoms. The zero-order valence-corrected chi connectivity index (χ0v) is 14.7. The number of amides is 1. The number of carbonyl (C=O) groups is 2. The molecule has 2 rings (SSSR count). The fraction of sp³-hybridized carbons (Fsp3) is 0.353. The van der Waals surface area contributed by atoms with E-state index in [0.717, 1.165) is 16.9 Å². The van der Waals surface area contributed by atoms with Crippen molar-refractivity contribution in [3.05, 3.63) is 46.5 Å². The molecule has 0 aliphatic carbocycles. The highest BCUT2D eigenvalue weighted by molar-refractivity contribution is 7.17. The molecule has 1 unspecified atom stereocenters. The number of carboxylic acids is 1. The van der Waals surface area contributed by atoms with Gasteiger partial charge in [0.1, 0.15) is 11.5 Å². The van der Waals surface area contributed by atoms with E-state index in [1.54, 1.807) is 6.92 Å². The zero-order valence-electron chi connectivity index (χ0n) is 13.9. The van der Waals surface area contributed by atoms with E-state index in [1.165, 1.54) is 4.90 Å². The average molecular weight is 348 g/mol. The van der Waals surface area contributed by atoms with Crippen molar-refractivity contribution < 1.29 is 19.4 Å². The quantitative estimate of drug-likeness (QED) is 0.850. The van der Waals surface area contributed by atoms with Crippen LogP contribution in [0.2, 0.25) is 0 Å². The number of ether oxygens (including phenoxy) is 1. The number of nitrogens with zero attached hydrogens (tertiary/aromatic N) is 2. The summed E-state index contributed by atoms with van der Waals surface area (Å²) in [5.74, 6) is -1.04. The summed E-state index contributed by atoms with van der Waals surface area (Å²) in [5, 5.41) is 9.53. The maximum absolute atomic E-state index is 12.5. The summed E-state index contributed by atoms with van der Waals surface area (Å²) >= 11 is 0.984. The average Bonchev–Trinajstić information content (AvgIpc) is 2.95. The first-order valence-corrected chi connectivity index (χ1v) is 8.46. The van der Waals surface area contributed by atoms with E-state index in [-0.39, 0.29) is 17.5 Å². The number of aromatic carboxylic acids is 1. The fourth-order valence-corrected chi connectivity index (χ4v) is 3.10. The van der Waals surface area contributed by atoms with Crippen LogP contribution in [0.4, 0.5) is 9.93 Å². The van der Waals surface area contributed by atoms with Crippen LogP contribution in [0.1, 0.15) is 41.2 Å². The molecule has 6 nitrogen and oxygen atoms in total. The van der Waals surface area contributed by atoms with Crippen molar-refractivity contribution >= 4 is 28.5 Å². The van der Waals surface area contributed by atoms with Crippen LogP contribution in [0, 0.1) is 6.92 Å². The van der Waals surface area contributed by atoms with Gasteiger partial charge in [-0.05, 0) is 25.8 Å². The summed E-state index contributed by atoms with van der Waals surface area (Å²) < 4.78 is 5.38. The molecule has 0 saturated heterocycles. The lowest BCUT2D eigenvalue weighted by Crippen LogP contribution is -2.38. The number of aromatic nitrogens is 1. The van der Waals surface area contributed by atoms with Crippen LogP contribution in [-0.4, -0.2) is 28.2 Å². The Kier molecular flexibility index (Phi) is 5.92. The molecule has 0 aliphatic rings. The Morgan fingerprint density at radius 1 is 1.33 bits per heavy atom. The number of carboxylic acid groups (broad SMARTS) is 1. The Morgan fingerprint density at radius 3 is 2.54 bits per heavy atom. The molecule has 0 saturated carbocycles. The van der Waals surface area contributed by atoms with E-state index in [9.17, 15) is 14.7 Å². The van der Waals surface area contributed by atoms with Gasteiger partial charge < -0.3 is 9.84 Å². The normalized spacial score (nSPS) is 11.8. The van der Waals surface area contributed by atoms with Crippen LogP contribution in [0.15, 0.2) is 30.3 Å². The molecule has 1 aromatic heterocycles. The highest BCUT2D eigenvalue weighted by Crippen LogP contribution is 2.29. The molecule has 24 heavy (non-hydrogen) atoms. The molecule has 1 N–H and O–H groups in total. The highest BCUT2D eigenvalue weighted by Gasteiger charge is 2.27. The molecule has 2 aromatic rings. The van der Waals surface area contributed by atoms with Gasteiger partial charge in [-0.25, -0.2) is 14.6 Å². The molecule has 1 amide bonds. The van der Waals surface area contributed by atoms with Crippen LogP contribution in [-0.2, 0) is 11.3 Å². The Balaban J connectivity index is 2.20. The molecule has 0 aliphatic heterocycles. The SMILES string of the molecule is CCC(C)N(C(=O)OCc1ccccc1)c1nc(C)c(C(=O)O)s1. The smallest absolute Gasteiger partial charge is 0.416 e. The van der Waals surface area contributed by atoms with E-state index in [0.29, 0.717) is 17.2 Å². The van der Waals surface area contributed by atoms with Crippen molar-refractivity contribution in [1.29, 1.82) is 0 Å². The van der Waals surface area contributed by atoms with Gasteiger partial charge in [0.05, 0.1) is 5.69 Å². The van der Waals surface area contributed by atoms with Crippen LogP contribution in [0.5, 0.6) is 0 Å². The van der Waals surface area contributed by atoms with E-state index in [2.05, 4.69) is 4.98 Å². The molecule has 0 bridgehead atoms. The third kappa shape index (κ3) is 4.11. The molecule has 1 heterocycles. The topological polar surface area (TPSA) is 79.7 Å². The van der Waals surface area contributed by atoms with Gasteiger partial charge in [0.2, 0.25) is 0 Å². The number of hydrogen-bond donors (Lipinski definition) is 1. The second-order valence-electron chi connectivity index (χ2n) is 5.38. The van der Waals surface area contributed by atoms with Gasteiger partial charge in [0, 0.05) is 6.04 Å². The van der Waals surface area contributed by atoms with Crippen LogP contribution in [0.25, 0.3) is 0 Å². The minimum absolute atomic E-state index is 0.133. The van der Waals surface area contributed by atoms with Gasteiger partial charge in [0.25, 0.3) is 0 Å². The first kappa shape index (κ1) is 17.9. The number of benzene rings is 1. The largest absolute Gasteiger partial charge is 0.477 e. The maximum Gasteiger partial charge on any atom is 0.416 e. The number of aryl methyl sites for hydroxylation is 1. The van der Waals surface area contributed by atoms with Crippen molar-refractivity contribution in [3.63, 3.8) is 0 Å². The summed E-state index contributed by atoms with van der Waals surface area (Å²) in [7, 11) is 0. The maximum atomic E-state index is 12.5. The first-order chi connectivity index (χ1) is 11.4. The Labute approximate surface area is 144 Å². The zero-order chi connectivity index (χ0) is 17.7. The Hall–Kier alpha value is -2.41. The van der Waals surface area contributed by atoms with Crippen molar-refractivity contribution in [2.45, 2.75) is 39.8 Å². The third-order valence-corrected chi connectivity index (χ3v) is 4.76. The molecule has 0 fully saturated rings. The van der Waals surface area contributed by atoms with Gasteiger partial charge in [-0.2, -0.15) is 0 Å². The van der Waals surface area contributed by atoms with Crippen molar-refractivity contribution in [3.8, 4) is 0 Å². The summed E-state index contributed by atoms with van der Waals surface area (Å²) in [5.41, 5.74) is 1.28. The second-order valence-corrected chi connectivity index (χ2v) is 6.36. The minimum Gasteiger partial charge on any atom is -0.477 e. The van der Waals surface area contributed by atoms with E-state index in [1.807, 2.05) is 44.2 Å². The standard InChI is InChI=1S/C17H20N2O4S/c1-4-11(2)19(16-18-12(3)14(24-16)15(20)21)17(22)23-10-13-8-6-5-7-9-13/h5-9,11H,4,10H2,1-3H3,(H,20,21). The van der Waals surface area contributed by atoms with Gasteiger partial charge in [-0.3, -0.25) is 4.90 Å². The molecule has 0 radical (unpaired) electrons. The van der Waals surface area contributed by atoms with Crippen LogP contribution >= 0.6 is 11.3 Å². The number of rotatable bonds is 6. The predicted octanol–water partition coefficient (Wildman–Crippen LogP) is 4.09. The highest BCUT2D eigenvalue weighted by atomic mass is 32.1. The summed E-state index contributed by atoms with van der Waals surface area (Å²) in [6, 6.07) is 9.23. The van der Waals surface area contributed by atoms with E-state index < -0.39 is 12.1 Å². The summed E-state index contributed by atoms with van der Waals surface area (Å²) in [4.78, 5) is 29.5. The molecule has 128 valence electrons. The molecule has 0 spiro atoms. The fourth-order valence-electron chi connectivity index (χ4n) is 2.10. The predicted molar refractivity (Wildman–Crippen MR) is 92.7 cm³/mol. The number of hydrogen-bond acceptors (Lipinski definition) is 5. The number of carbonyl (C=O) groups excluding carboxylic acids is 1. The van der Waals surface area contributed by atoms with Crippen molar-refractivity contribution in [1.82, 2.24) is 4.98 Å². The molecular weight excluding hydrogens is 328 g/mol. The Bertz CT molecular complexity index is 715. The molecule has 1 atom stereocenters. The Morgan fingerprint density at radius 2 is 2.00 bits per heavy atom. The van der Waals surface area contributed by atoms with Gasteiger partial charge in [-0.15, -0.1) is 0 Å². The number of thiazole rings is 1. The summed E-state index contributed by atoms with van der Waals surface area (Å²) in [6.45, 7) is 5.60. The second kappa shape index (κ2) is 7.92. The van der Waals surface area contributed by atoms with Crippen LogP contribution < -0.4 is 4.90 Å². The van der Waals surface area contributed by atoms with Crippen molar-refractivity contribution in [2.24, 2.45) is 0 Å². The number of anilines is 1. The molecular formula is C17H20N2O4S. The van der Waals surface area contributed by atoms with Gasteiger partial charge in [0.15, 0.2) is 5.13 Å². The lowest BCUT2D eigenvalue weighted by Gasteiger charge is -2.25. The summed E-state index contributed by atoms with van der Waals surface area (Å²) in [6.07, 6.45) is 0.167. The molecule has 1 aromatic carbocycles.